The Morgan fingerprint density at radius 3 is 2.77 bits per heavy atom. The molecule has 0 bridgehead atoms. The number of carbonyl (C=O) groups excluding carboxylic acids is 2. The van der Waals surface area contributed by atoms with Gasteiger partial charge in [-0.2, -0.15) is 0 Å². The molecule has 0 aliphatic carbocycles. The van der Waals surface area contributed by atoms with Gasteiger partial charge in [0.1, 0.15) is 17.3 Å². The van der Waals surface area contributed by atoms with Crippen LogP contribution in [0.2, 0.25) is 0 Å². The monoisotopic (exact) mass is 472 g/mol. The van der Waals surface area contributed by atoms with E-state index in [1.54, 1.807) is 11.0 Å². The van der Waals surface area contributed by atoms with Crippen LogP contribution < -0.4 is 10.1 Å². The quantitative estimate of drug-likeness (QED) is 0.275. The number of benzene rings is 2. The Labute approximate surface area is 205 Å². The zero-order valence-electron chi connectivity index (χ0n) is 20.3. The molecule has 3 amide bonds. The fourth-order valence-corrected chi connectivity index (χ4v) is 5.49. The number of imide groups is 1. The smallest absolute Gasteiger partial charge is 0.328 e. The first-order valence-corrected chi connectivity index (χ1v) is 12.3. The number of fused-ring (bicyclic) bond motifs is 4. The maximum absolute atomic E-state index is 13.8. The largest absolute Gasteiger partial charge is 0.494 e. The van der Waals surface area contributed by atoms with Crippen LogP contribution in [0.3, 0.4) is 0 Å². The summed E-state index contributed by atoms with van der Waals surface area (Å²) in [5, 5.41) is 4.29. The molecule has 2 aromatic carbocycles. The van der Waals surface area contributed by atoms with E-state index in [0.717, 1.165) is 33.5 Å². The molecule has 3 heterocycles. The van der Waals surface area contributed by atoms with E-state index >= 15 is 0 Å². The van der Waals surface area contributed by atoms with Gasteiger partial charge in [-0.15, -0.1) is 6.58 Å². The fourth-order valence-electron chi connectivity index (χ4n) is 5.49. The van der Waals surface area contributed by atoms with Crippen molar-refractivity contribution in [2.75, 3.05) is 26.2 Å². The Bertz CT molecular complexity index is 1270. The van der Waals surface area contributed by atoms with Crippen molar-refractivity contribution in [1.82, 2.24) is 20.1 Å². The zero-order valence-corrected chi connectivity index (χ0v) is 20.3. The normalized spacial score (nSPS) is 21.4. The van der Waals surface area contributed by atoms with Crippen molar-refractivity contribution in [3.05, 3.63) is 78.0 Å². The highest BCUT2D eigenvalue weighted by atomic mass is 16.5. The molecule has 7 nitrogen and oxygen atoms in total. The Morgan fingerprint density at radius 1 is 1.23 bits per heavy atom. The predicted molar refractivity (Wildman–Crippen MR) is 136 cm³/mol. The van der Waals surface area contributed by atoms with Crippen molar-refractivity contribution in [1.29, 1.82) is 0 Å². The number of H-pyrrole nitrogens is 1. The number of hydrogen-bond acceptors (Lipinski definition) is 4. The van der Waals surface area contributed by atoms with Gasteiger partial charge in [-0.05, 0) is 56.1 Å². The van der Waals surface area contributed by atoms with Gasteiger partial charge in [-0.25, -0.2) is 4.79 Å². The summed E-state index contributed by atoms with van der Waals surface area (Å²) in [6.45, 7) is 9.97. The van der Waals surface area contributed by atoms with Crippen molar-refractivity contribution in [2.45, 2.75) is 38.3 Å². The van der Waals surface area contributed by atoms with E-state index in [1.807, 2.05) is 62.4 Å². The Balaban J connectivity index is 1.58. The van der Waals surface area contributed by atoms with E-state index in [9.17, 15) is 9.59 Å². The van der Waals surface area contributed by atoms with Crippen LogP contribution in [0, 0.1) is 0 Å². The summed E-state index contributed by atoms with van der Waals surface area (Å²) in [7, 11) is 0. The molecule has 0 unspecified atom stereocenters. The number of nitrogens with zero attached hydrogens (tertiary/aromatic N) is 2. The first-order valence-electron chi connectivity index (χ1n) is 12.3. The first kappa shape index (κ1) is 23.2. The molecule has 0 radical (unpaired) electrons. The number of aromatic nitrogens is 1. The van der Waals surface area contributed by atoms with E-state index < -0.39 is 5.54 Å². The first-order chi connectivity index (χ1) is 17.0. The summed E-state index contributed by atoms with van der Waals surface area (Å²) in [4.78, 5) is 34.4. The summed E-state index contributed by atoms with van der Waals surface area (Å²) in [6.07, 6.45) is 2.95. The van der Waals surface area contributed by atoms with Crippen molar-refractivity contribution >= 4 is 22.8 Å². The summed E-state index contributed by atoms with van der Waals surface area (Å²) in [5.74, 6) is 0.668. The second kappa shape index (κ2) is 9.23. The Hall–Kier alpha value is -3.58. The molecule has 7 heteroatoms. The maximum Gasteiger partial charge on any atom is 0.328 e. The molecule has 3 aromatic rings. The van der Waals surface area contributed by atoms with Crippen LogP contribution in [0.5, 0.6) is 5.75 Å². The van der Waals surface area contributed by atoms with Crippen LogP contribution >= 0.6 is 0 Å². The molecular formula is C28H32N4O3. The van der Waals surface area contributed by atoms with Gasteiger partial charge in [0.15, 0.2) is 0 Å². The van der Waals surface area contributed by atoms with Crippen LogP contribution in [0.4, 0.5) is 4.79 Å². The van der Waals surface area contributed by atoms with Crippen LogP contribution in [-0.2, 0) is 11.2 Å². The SMILES string of the molecule is C=CCNCCCN1C(=O)N2[C@H](c3ccccc3)c3[nH]c4ccc(OCC)cc4c3C[C@@]2(C)C1=O. The predicted octanol–water partition coefficient (Wildman–Crippen LogP) is 4.40. The molecule has 2 N–H and O–H groups in total. The van der Waals surface area contributed by atoms with Gasteiger partial charge in [-0.1, -0.05) is 36.4 Å². The number of amides is 3. The molecule has 35 heavy (non-hydrogen) atoms. The molecule has 2 aliphatic rings. The summed E-state index contributed by atoms with van der Waals surface area (Å²) in [6, 6.07) is 15.4. The van der Waals surface area contributed by atoms with E-state index in [2.05, 4.69) is 16.9 Å². The average Bonchev–Trinajstić information content (AvgIpc) is 3.30. The molecule has 1 fully saturated rings. The minimum atomic E-state index is -0.962. The van der Waals surface area contributed by atoms with Crippen LogP contribution in [-0.4, -0.2) is 58.5 Å². The lowest BCUT2D eigenvalue weighted by molar-refractivity contribution is -0.133. The van der Waals surface area contributed by atoms with E-state index in [1.165, 1.54) is 4.90 Å². The highest BCUT2D eigenvalue weighted by molar-refractivity contribution is 6.08. The molecule has 1 aromatic heterocycles. The number of carbonyl (C=O) groups is 2. The number of nitrogens with one attached hydrogen (secondary N) is 2. The van der Waals surface area contributed by atoms with Gasteiger partial charge in [0.05, 0.1) is 6.61 Å². The lowest BCUT2D eigenvalue weighted by Crippen LogP contribution is -2.53. The average molecular weight is 473 g/mol. The molecule has 2 atom stereocenters. The van der Waals surface area contributed by atoms with E-state index in [-0.39, 0.29) is 18.0 Å². The van der Waals surface area contributed by atoms with Gasteiger partial charge in [0.25, 0.3) is 5.91 Å². The highest BCUT2D eigenvalue weighted by Crippen LogP contribution is 2.48. The number of ether oxygens (including phenoxy) is 1. The van der Waals surface area contributed by atoms with Crippen LogP contribution in [0.25, 0.3) is 10.9 Å². The summed E-state index contributed by atoms with van der Waals surface area (Å²) < 4.78 is 5.76. The second-order valence-electron chi connectivity index (χ2n) is 9.38. The highest BCUT2D eigenvalue weighted by Gasteiger charge is 2.59. The lowest BCUT2D eigenvalue weighted by Gasteiger charge is -2.42. The van der Waals surface area contributed by atoms with Crippen molar-refractivity contribution < 1.29 is 14.3 Å². The van der Waals surface area contributed by atoms with Crippen LogP contribution in [0.15, 0.2) is 61.2 Å². The third-order valence-electron chi connectivity index (χ3n) is 7.09. The number of urea groups is 1. The minimum Gasteiger partial charge on any atom is -0.494 e. The van der Waals surface area contributed by atoms with Gasteiger partial charge < -0.3 is 15.0 Å². The van der Waals surface area contributed by atoms with Gasteiger partial charge in [-0.3, -0.25) is 14.6 Å². The molecule has 2 aliphatic heterocycles. The number of hydrogen-bond donors (Lipinski definition) is 2. The molecular weight excluding hydrogens is 440 g/mol. The molecule has 0 spiro atoms. The summed E-state index contributed by atoms with van der Waals surface area (Å²) >= 11 is 0. The van der Waals surface area contributed by atoms with E-state index in [0.29, 0.717) is 39.1 Å². The lowest BCUT2D eigenvalue weighted by atomic mass is 9.81. The Morgan fingerprint density at radius 2 is 2.03 bits per heavy atom. The van der Waals surface area contributed by atoms with Crippen molar-refractivity contribution in [2.24, 2.45) is 0 Å². The fraction of sp³-hybridized carbons (Fsp3) is 0.357. The standard InChI is InChI=1S/C28H32N4O3/c1-4-14-29-15-9-16-31-26(33)28(3)18-22-21-17-20(35-5-2)12-13-23(21)30-24(22)25(32(28)27(31)34)19-10-7-6-8-11-19/h4,6-8,10-13,17,25,29-30H,1,5,9,14-16,18H2,2-3H3/t25-,28+/m1/s1. The summed E-state index contributed by atoms with van der Waals surface area (Å²) in [5.41, 5.74) is 3.04. The van der Waals surface area contributed by atoms with Crippen LogP contribution in [0.1, 0.15) is 43.1 Å². The van der Waals surface area contributed by atoms with E-state index in [4.69, 9.17) is 4.74 Å². The molecule has 182 valence electrons. The molecule has 1 saturated heterocycles. The number of aromatic amines is 1. The second-order valence-corrected chi connectivity index (χ2v) is 9.38. The maximum atomic E-state index is 13.8. The third kappa shape index (κ3) is 3.80. The van der Waals surface area contributed by atoms with Gasteiger partial charge in [0.2, 0.25) is 0 Å². The molecule has 0 saturated carbocycles. The van der Waals surface area contributed by atoms with Gasteiger partial charge >= 0.3 is 6.03 Å². The third-order valence-corrected chi connectivity index (χ3v) is 7.09. The van der Waals surface area contributed by atoms with Crippen molar-refractivity contribution in [3.8, 4) is 5.75 Å². The number of rotatable bonds is 9. The topological polar surface area (TPSA) is 77.7 Å². The Kier molecular flexibility index (Phi) is 6.11. The van der Waals surface area contributed by atoms with Crippen molar-refractivity contribution in [3.63, 3.8) is 0 Å². The van der Waals surface area contributed by atoms with Gasteiger partial charge in [0, 0.05) is 36.1 Å². The zero-order chi connectivity index (χ0) is 24.6. The molecule has 5 rings (SSSR count). The minimum absolute atomic E-state index is 0.131.